The number of rotatable bonds is 4. The lowest BCUT2D eigenvalue weighted by atomic mass is 9.95. The van der Waals surface area contributed by atoms with E-state index in [1.54, 1.807) is 18.0 Å². The smallest absolute Gasteiger partial charge is 0.251 e. The van der Waals surface area contributed by atoms with E-state index in [2.05, 4.69) is 15.6 Å². The molecule has 24 heavy (non-hydrogen) atoms. The Labute approximate surface area is 150 Å². The van der Waals surface area contributed by atoms with Crippen molar-refractivity contribution >= 4 is 29.3 Å². The molecule has 0 radical (unpaired) electrons. The van der Waals surface area contributed by atoms with Crippen LogP contribution in [0.3, 0.4) is 0 Å². The van der Waals surface area contributed by atoms with Crippen LogP contribution in [0.1, 0.15) is 29.6 Å². The van der Waals surface area contributed by atoms with Crippen LogP contribution >= 0.6 is 23.4 Å². The molecular weight excluding hydrogens is 342 g/mol. The summed E-state index contributed by atoms with van der Waals surface area (Å²) in [4.78, 5) is 18.4. The van der Waals surface area contributed by atoms with E-state index in [4.69, 9.17) is 11.6 Å². The van der Waals surface area contributed by atoms with Crippen LogP contribution in [0.5, 0.6) is 0 Å². The van der Waals surface area contributed by atoms with Gasteiger partial charge in [0.25, 0.3) is 5.91 Å². The summed E-state index contributed by atoms with van der Waals surface area (Å²) in [7, 11) is 0. The van der Waals surface area contributed by atoms with Crippen LogP contribution in [0.15, 0.2) is 52.4 Å². The molecule has 2 N–H and O–H groups in total. The quantitative estimate of drug-likeness (QED) is 0.820. The van der Waals surface area contributed by atoms with Crippen LogP contribution in [0.2, 0.25) is 5.15 Å². The number of fused-ring (bicyclic) bond motifs is 2. The standard InChI is InChI=1S/C18H18ClN3OS/c19-17-16(2-1-9-20-17)24-13-6-3-11(4-7-13)18(23)22-15-10-12-5-8-14(15)21-12/h1-4,6-7,9,12,14-15,21H,5,8,10H2,(H,22,23). The van der Waals surface area contributed by atoms with Crippen molar-refractivity contribution in [3.8, 4) is 0 Å². The summed E-state index contributed by atoms with van der Waals surface area (Å²) in [5.74, 6) is 0.00492. The number of nitrogens with one attached hydrogen (secondary N) is 2. The molecule has 4 nitrogen and oxygen atoms in total. The fraction of sp³-hybridized carbons (Fsp3) is 0.333. The van der Waals surface area contributed by atoms with E-state index < -0.39 is 0 Å². The monoisotopic (exact) mass is 359 g/mol. The molecule has 6 heteroatoms. The molecule has 0 aliphatic carbocycles. The Hall–Kier alpha value is -1.56. The number of amides is 1. The number of carbonyl (C=O) groups is 1. The van der Waals surface area contributed by atoms with Gasteiger partial charge >= 0.3 is 0 Å². The van der Waals surface area contributed by atoms with E-state index in [0.29, 0.717) is 22.8 Å². The van der Waals surface area contributed by atoms with Crippen LogP contribution in [0.4, 0.5) is 0 Å². The number of hydrogen-bond acceptors (Lipinski definition) is 4. The molecule has 1 aromatic carbocycles. The van der Waals surface area contributed by atoms with Gasteiger partial charge in [0.2, 0.25) is 0 Å². The number of halogens is 1. The highest BCUT2D eigenvalue weighted by atomic mass is 35.5. The third-order valence-electron chi connectivity index (χ3n) is 4.69. The highest BCUT2D eigenvalue weighted by molar-refractivity contribution is 7.99. The van der Waals surface area contributed by atoms with Gasteiger partial charge in [0.05, 0.1) is 0 Å². The molecule has 2 saturated heterocycles. The predicted molar refractivity (Wildman–Crippen MR) is 95.6 cm³/mol. The van der Waals surface area contributed by atoms with Gasteiger partial charge < -0.3 is 10.6 Å². The average Bonchev–Trinajstić information content (AvgIpc) is 3.20. The largest absolute Gasteiger partial charge is 0.348 e. The zero-order valence-corrected chi connectivity index (χ0v) is 14.6. The maximum atomic E-state index is 12.4. The Morgan fingerprint density at radius 2 is 2.08 bits per heavy atom. The molecule has 2 aromatic rings. The molecule has 2 aliphatic rings. The first kappa shape index (κ1) is 15.9. The van der Waals surface area contributed by atoms with Gasteiger partial charge in [0, 0.05) is 39.7 Å². The number of nitrogens with zero attached hydrogens (tertiary/aromatic N) is 1. The van der Waals surface area contributed by atoms with E-state index in [1.807, 2.05) is 36.4 Å². The first-order valence-electron chi connectivity index (χ1n) is 8.14. The number of benzene rings is 1. The first-order valence-corrected chi connectivity index (χ1v) is 9.34. The highest BCUT2D eigenvalue weighted by Gasteiger charge is 2.39. The fourth-order valence-electron chi connectivity index (χ4n) is 3.48. The lowest BCUT2D eigenvalue weighted by Gasteiger charge is -2.21. The van der Waals surface area contributed by atoms with Gasteiger partial charge in [-0.05, 0) is 55.7 Å². The van der Waals surface area contributed by atoms with Gasteiger partial charge in [-0.1, -0.05) is 23.4 Å². The normalized spacial score (nSPS) is 25.0. The van der Waals surface area contributed by atoms with Gasteiger partial charge in [-0.2, -0.15) is 0 Å². The number of pyridine rings is 1. The second-order valence-corrected chi connectivity index (χ2v) is 7.76. The molecule has 4 rings (SSSR count). The molecule has 1 amide bonds. The van der Waals surface area contributed by atoms with Crippen molar-refractivity contribution in [1.82, 2.24) is 15.6 Å². The number of aromatic nitrogens is 1. The topological polar surface area (TPSA) is 54.0 Å². The van der Waals surface area contributed by atoms with E-state index >= 15 is 0 Å². The van der Waals surface area contributed by atoms with E-state index in [1.165, 1.54) is 6.42 Å². The lowest BCUT2D eigenvalue weighted by molar-refractivity contribution is 0.0931. The zero-order valence-electron chi connectivity index (χ0n) is 13.0. The molecule has 2 fully saturated rings. The maximum Gasteiger partial charge on any atom is 0.251 e. The number of carbonyl (C=O) groups excluding carboxylic acids is 1. The summed E-state index contributed by atoms with van der Waals surface area (Å²) >= 11 is 7.62. The van der Waals surface area contributed by atoms with Gasteiger partial charge in [0.1, 0.15) is 5.15 Å². The molecule has 0 saturated carbocycles. The highest BCUT2D eigenvalue weighted by Crippen LogP contribution is 2.32. The van der Waals surface area contributed by atoms with Crippen LogP contribution < -0.4 is 10.6 Å². The van der Waals surface area contributed by atoms with Crippen LogP contribution in [-0.2, 0) is 0 Å². The second-order valence-electron chi connectivity index (χ2n) is 6.28. The van der Waals surface area contributed by atoms with Crippen molar-refractivity contribution < 1.29 is 4.79 Å². The fourth-order valence-corrected chi connectivity index (χ4v) is 4.53. The van der Waals surface area contributed by atoms with Gasteiger partial charge in [-0.25, -0.2) is 4.98 Å². The van der Waals surface area contributed by atoms with Crippen LogP contribution in [-0.4, -0.2) is 29.0 Å². The summed E-state index contributed by atoms with van der Waals surface area (Å²) in [6.45, 7) is 0. The molecule has 124 valence electrons. The van der Waals surface area contributed by atoms with Gasteiger partial charge in [-0.15, -0.1) is 0 Å². The van der Waals surface area contributed by atoms with E-state index in [-0.39, 0.29) is 11.9 Å². The molecule has 2 aliphatic heterocycles. The minimum Gasteiger partial charge on any atom is -0.348 e. The maximum absolute atomic E-state index is 12.4. The minimum atomic E-state index is 0.00492. The van der Waals surface area contributed by atoms with Crippen LogP contribution in [0.25, 0.3) is 0 Å². The third kappa shape index (κ3) is 3.29. The molecule has 3 atom stereocenters. The summed E-state index contributed by atoms with van der Waals surface area (Å²) in [5, 5.41) is 7.20. The van der Waals surface area contributed by atoms with Crippen molar-refractivity contribution in [2.75, 3.05) is 0 Å². The SMILES string of the molecule is O=C(NC1CC2CCC1N2)c1ccc(Sc2cccnc2Cl)cc1. The third-order valence-corrected chi connectivity index (χ3v) is 6.16. The Kier molecular flexibility index (Phi) is 4.48. The summed E-state index contributed by atoms with van der Waals surface area (Å²) in [6, 6.07) is 12.7. The second kappa shape index (κ2) is 6.75. The van der Waals surface area contributed by atoms with Crippen LogP contribution in [0, 0.1) is 0 Å². The Morgan fingerprint density at radius 1 is 1.25 bits per heavy atom. The summed E-state index contributed by atoms with van der Waals surface area (Å²) < 4.78 is 0. The van der Waals surface area contributed by atoms with Crippen molar-refractivity contribution in [2.45, 2.75) is 47.2 Å². The van der Waals surface area contributed by atoms with E-state index in [9.17, 15) is 4.79 Å². The Balaban J connectivity index is 1.40. The van der Waals surface area contributed by atoms with Crippen molar-refractivity contribution in [2.24, 2.45) is 0 Å². The lowest BCUT2D eigenvalue weighted by Crippen LogP contribution is -2.42. The van der Waals surface area contributed by atoms with Crippen molar-refractivity contribution in [3.63, 3.8) is 0 Å². The molecule has 3 unspecified atom stereocenters. The van der Waals surface area contributed by atoms with Gasteiger partial charge in [0.15, 0.2) is 0 Å². The zero-order chi connectivity index (χ0) is 16.5. The first-order chi connectivity index (χ1) is 11.7. The average molecular weight is 360 g/mol. The molecular formula is C18H18ClN3OS. The van der Waals surface area contributed by atoms with Crippen molar-refractivity contribution in [3.05, 3.63) is 53.3 Å². The predicted octanol–water partition coefficient (Wildman–Crippen LogP) is 3.51. The Morgan fingerprint density at radius 3 is 2.75 bits per heavy atom. The van der Waals surface area contributed by atoms with Gasteiger partial charge in [-0.3, -0.25) is 4.79 Å². The van der Waals surface area contributed by atoms with Crippen molar-refractivity contribution in [1.29, 1.82) is 0 Å². The molecule has 0 spiro atoms. The molecule has 1 aromatic heterocycles. The van der Waals surface area contributed by atoms with E-state index in [0.717, 1.165) is 22.6 Å². The Bertz CT molecular complexity index is 752. The molecule has 2 bridgehead atoms. The summed E-state index contributed by atoms with van der Waals surface area (Å²) in [6.07, 6.45) is 5.12. The minimum absolute atomic E-state index is 0.00492. The molecule has 3 heterocycles. The number of hydrogen-bond donors (Lipinski definition) is 2. The summed E-state index contributed by atoms with van der Waals surface area (Å²) in [5.41, 5.74) is 0.694.